The highest BCUT2D eigenvalue weighted by atomic mass is 32.1. The number of carbonyl (C=O) groups is 1. The molecule has 0 unspecified atom stereocenters. The van der Waals surface area contributed by atoms with Crippen molar-refractivity contribution in [3.63, 3.8) is 0 Å². The Kier molecular flexibility index (Phi) is 10.3. The molecule has 0 saturated heterocycles. The Balaban J connectivity index is 0. The summed E-state index contributed by atoms with van der Waals surface area (Å²) in [5.74, 6) is -0.959. The molecule has 76 valence electrons. The van der Waals surface area contributed by atoms with Crippen molar-refractivity contribution in [2.45, 2.75) is 34.6 Å². The van der Waals surface area contributed by atoms with Gasteiger partial charge < -0.3 is 5.11 Å². The molecule has 0 aliphatic heterocycles. The fourth-order valence-corrected chi connectivity index (χ4v) is 1.05. The second-order valence-electron chi connectivity index (χ2n) is 1.56. The van der Waals surface area contributed by atoms with Gasteiger partial charge in [-0.25, -0.2) is 9.78 Å². The van der Waals surface area contributed by atoms with Gasteiger partial charge >= 0.3 is 5.97 Å². The van der Waals surface area contributed by atoms with Crippen molar-refractivity contribution >= 4 is 17.3 Å². The van der Waals surface area contributed by atoms with Gasteiger partial charge in [0.25, 0.3) is 0 Å². The molecule has 4 heteroatoms. The number of nitrogens with zero attached hydrogens (tertiary/aromatic N) is 1. The van der Waals surface area contributed by atoms with Gasteiger partial charge in [-0.15, -0.1) is 11.3 Å². The average molecular weight is 203 g/mol. The van der Waals surface area contributed by atoms with Gasteiger partial charge in [0.05, 0.1) is 5.01 Å². The van der Waals surface area contributed by atoms with Crippen molar-refractivity contribution in [3.05, 3.63) is 16.1 Å². The van der Waals surface area contributed by atoms with E-state index >= 15 is 0 Å². The highest BCUT2D eigenvalue weighted by Gasteiger charge is 2.04. The Morgan fingerprint density at radius 3 is 2.00 bits per heavy atom. The first-order chi connectivity index (χ1) is 6.20. The maximum Gasteiger partial charge on any atom is 0.355 e. The molecule has 0 bridgehead atoms. The van der Waals surface area contributed by atoms with Crippen LogP contribution in [0.25, 0.3) is 0 Å². The molecule has 1 N–H and O–H groups in total. The lowest BCUT2D eigenvalue weighted by Gasteiger charge is -1.79. The first-order valence-corrected chi connectivity index (χ1v) is 5.23. The predicted molar refractivity (Wildman–Crippen MR) is 56.5 cm³/mol. The maximum absolute atomic E-state index is 10.2. The second-order valence-corrected chi connectivity index (χ2v) is 2.62. The highest BCUT2D eigenvalue weighted by molar-refractivity contribution is 7.09. The molecular formula is C9H17NO2S. The number of aryl methyl sites for hydroxylation is 1. The van der Waals surface area contributed by atoms with Crippen LogP contribution in [-0.4, -0.2) is 16.1 Å². The van der Waals surface area contributed by atoms with E-state index in [4.69, 9.17) is 5.11 Å². The molecule has 0 aliphatic carbocycles. The Hall–Kier alpha value is -0.900. The second kappa shape index (κ2) is 9.19. The summed E-state index contributed by atoms with van der Waals surface area (Å²) in [6.07, 6.45) is 0. The zero-order chi connectivity index (χ0) is 10.9. The summed E-state index contributed by atoms with van der Waals surface area (Å²) in [6.45, 7) is 9.77. The van der Waals surface area contributed by atoms with Gasteiger partial charge in [-0.2, -0.15) is 0 Å². The smallest absolute Gasteiger partial charge is 0.355 e. The summed E-state index contributed by atoms with van der Waals surface area (Å²) in [4.78, 5) is 13.9. The minimum atomic E-state index is -0.959. The van der Waals surface area contributed by atoms with E-state index in [0.29, 0.717) is 0 Å². The van der Waals surface area contributed by atoms with Gasteiger partial charge in [-0.1, -0.05) is 27.7 Å². The monoisotopic (exact) mass is 203 g/mol. The van der Waals surface area contributed by atoms with Gasteiger partial charge in [0.15, 0.2) is 5.69 Å². The van der Waals surface area contributed by atoms with E-state index in [-0.39, 0.29) is 5.69 Å². The van der Waals surface area contributed by atoms with Crippen LogP contribution in [0, 0.1) is 6.92 Å². The van der Waals surface area contributed by atoms with Gasteiger partial charge in [0.2, 0.25) is 0 Å². The van der Waals surface area contributed by atoms with Crippen LogP contribution >= 0.6 is 11.3 Å². The average Bonchev–Trinajstić information content (AvgIpc) is 2.59. The molecule has 0 fully saturated rings. The molecule has 1 aromatic rings. The van der Waals surface area contributed by atoms with Crippen LogP contribution in [0.2, 0.25) is 0 Å². The molecule has 1 aromatic heterocycles. The Labute approximate surface area is 83.4 Å². The number of aromatic nitrogens is 1. The molecular weight excluding hydrogens is 186 g/mol. The number of aromatic carboxylic acids is 1. The minimum Gasteiger partial charge on any atom is -0.476 e. The topological polar surface area (TPSA) is 50.2 Å². The lowest BCUT2D eigenvalue weighted by Crippen LogP contribution is -1.95. The van der Waals surface area contributed by atoms with Crippen LogP contribution in [-0.2, 0) is 0 Å². The van der Waals surface area contributed by atoms with E-state index in [1.807, 2.05) is 27.7 Å². The zero-order valence-corrected chi connectivity index (χ0v) is 9.60. The fraction of sp³-hybridized carbons (Fsp3) is 0.556. The van der Waals surface area contributed by atoms with E-state index in [1.165, 1.54) is 16.7 Å². The van der Waals surface area contributed by atoms with Crippen LogP contribution in [0.4, 0.5) is 0 Å². The molecule has 0 saturated carbocycles. The molecule has 13 heavy (non-hydrogen) atoms. The minimum absolute atomic E-state index is 0.137. The van der Waals surface area contributed by atoms with Crippen LogP contribution in [0.1, 0.15) is 43.2 Å². The number of rotatable bonds is 1. The van der Waals surface area contributed by atoms with Crippen molar-refractivity contribution < 1.29 is 9.90 Å². The lowest BCUT2D eigenvalue weighted by molar-refractivity contribution is 0.0691. The van der Waals surface area contributed by atoms with Gasteiger partial charge in [0, 0.05) is 5.38 Å². The molecule has 3 nitrogen and oxygen atoms in total. The van der Waals surface area contributed by atoms with E-state index in [1.54, 1.807) is 6.92 Å². The normalized spacial score (nSPS) is 7.46. The largest absolute Gasteiger partial charge is 0.476 e. The molecule has 0 amide bonds. The van der Waals surface area contributed by atoms with Gasteiger partial charge in [-0.05, 0) is 6.92 Å². The highest BCUT2D eigenvalue weighted by Crippen LogP contribution is 2.06. The number of hydrogen-bond donors (Lipinski definition) is 1. The standard InChI is InChI=1S/C5H5NO2S.2C2H6/c1-3-6-4(2-9-3)5(7)8;2*1-2/h2H,1H3,(H,7,8);2*1-2H3. The first-order valence-electron chi connectivity index (χ1n) is 4.35. The molecule has 0 aromatic carbocycles. The van der Waals surface area contributed by atoms with E-state index < -0.39 is 5.97 Å². The molecule has 0 atom stereocenters. The fourth-order valence-electron chi connectivity index (χ4n) is 0.462. The van der Waals surface area contributed by atoms with Crippen LogP contribution in [0.3, 0.4) is 0 Å². The third-order valence-electron chi connectivity index (χ3n) is 0.838. The van der Waals surface area contributed by atoms with Crippen LogP contribution in [0.5, 0.6) is 0 Å². The van der Waals surface area contributed by atoms with Crippen molar-refractivity contribution in [1.82, 2.24) is 4.98 Å². The molecule has 1 rings (SSSR count). The Morgan fingerprint density at radius 2 is 1.85 bits per heavy atom. The number of hydrogen-bond acceptors (Lipinski definition) is 3. The third kappa shape index (κ3) is 6.28. The van der Waals surface area contributed by atoms with Crippen molar-refractivity contribution in [2.75, 3.05) is 0 Å². The zero-order valence-electron chi connectivity index (χ0n) is 8.79. The van der Waals surface area contributed by atoms with Crippen molar-refractivity contribution in [1.29, 1.82) is 0 Å². The summed E-state index contributed by atoms with van der Waals surface area (Å²) in [7, 11) is 0. The maximum atomic E-state index is 10.2. The molecule has 0 spiro atoms. The molecule has 1 heterocycles. The Bertz CT molecular complexity index is 233. The van der Waals surface area contributed by atoms with Gasteiger partial charge in [0.1, 0.15) is 0 Å². The van der Waals surface area contributed by atoms with Crippen molar-refractivity contribution in [2.24, 2.45) is 0 Å². The summed E-state index contributed by atoms with van der Waals surface area (Å²) in [5.41, 5.74) is 0.137. The molecule has 0 aliphatic rings. The summed E-state index contributed by atoms with van der Waals surface area (Å²) in [6, 6.07) is 0. The quantitative estimate of drug-likeness (QED) is 0.762. The molecule has 0 radical (unpaired) electrons. The van der Waals surface area contributed by atoms with Gasteiger partial charge in [-0.3, -0.25) is 0 Å². The summed E-state index contributed by atoms with van der Waals surface area (Å²) >= 11 is 1.34. The van der Waals surface area contributed by atoms with Crippen LogP contribution < -0.4 is 0 Å². The predicted octanol–water partition coefficient (Wildman–Crippen LogP) is 3.20. The lowest BCUT2D eigenvalue weighted by atomic mass is 10.5. The van der Waals surface area contributed by atoms with E-state index in [9.17, 15) is 4.79 Å². The summed E-state index contributed by atoms with van der Waals surface area (Å²) < 4.78 is 0. The summed E-state index contributed by atoms with van der Waals surface area (Å²) in [5, 5.41) is 10.7. The third-order valence-corrected chi connectivity index (χ3v) is 1.61. The van der Waals surface area contributed by atoms with E-state index in [0.717, 1.165) is 5.01 Å². The number of carboxylic acid groups (broad SMARTS) is 1. The Morgan fingerprint density at radius 1 is 1.38 bits per heavy atom. The van der Waals surface area contributed by atoms with Crippen molar-refractivity contribution in [3.8, 4) is 0 Å². The number of carboxylic acids is 1. The van der Waals surface area contributed by atoms with Crippen LogP contribution in [0.15, 0.2) is 5.38 Å². The van der Waals surface area contributed by atoms with E-state index in [2.05, 4.69) is 4.98 Å². The first kappa shape index (κ1) is 14.6. The SMILES string of the molecule is CC.CC.Cc1nc(C(=O)O)cs1. The number of thiazole rings is 1.